The number of nitrogens with zero attached hydrogens (tertiary/aromatic N) is 2. The van der Waals surface area contributed by atoms with Gasteiger partial charge in [-0.3, -0.25) is 9.59 Å². The molecule has 0 aliphatic rings. The zero-order valence-corrected chi connectivity index (χ0v) is 15.5. The van der Waals surface area contributed by atoms with Crippen LogP contribution in [-0.4, -0.2) is 21.0 Å². The highest BCUT2D eigenvalue weighted by Crippen LogP contribution is 2.19. The van der Waals surface area contributed by atoms with Crippen molar-refractivity contribution in [3.8, 4) is 11.4 Å². The number of halogens is 1. The molecule has 2 aromatic carbocycles. The molecule has 0 saturated heterocycles. The number of amides is 1. The largest absolute Gasteiger partial charge is 0.339 e. The molecule has 2 N–H and O–H groups in total. The van der Waals surface area contributed by atoms with Crippen LogP contribution in [0.1, 0.15) is 17.9 Å². The number of aryl methyl sites for hydroxylation is 2. The van der Waals surface area contributed by atoms with Crippen molar-refractivity contribution in [3.05, 3.63) is 76.2 Å². The fourth-order valence-electron chi connectivity index (χ4n) is 2.94. The zero-order chi connectivity index (χ0) is 20.4. The molecule has 4 aromatic rings. The molecule has 0 aliphatic carbocycles. The Morgan fingerprint density at radius 1 is 1.21 bits per heavy atom. The molecule has 0 atom stereocenters. The maximum absolute atomic E-state index is 13.6. The summed E-state index contributed by atoms with van der Waals surface area (Å²) in [7, 11) is 0. The number of aromatic nitrogens is 3. The van der Waals surface area contributed by atoms with E-state index in [1.165, 1.54) is 12.1 Å². The quantitative estimate of drug-likeness (QED) is 0.540. The molecule has 0 fully saturated rings. The van der Waals surface area contributed by atoms with Crippen LogP contribution in [0, 0.1) is 12.7 Å². The van der Waals surface area contributed by atoms with E-state index in [0.717, 1.165) is 16.5 Å². The molecule has 0 saturated carbocycles. The predicted molar refractivity (Wildman–Crippen MR) is 106 cm³/mol. The van der Waals surface area contributed by atoms with Crippen LogP contribution in [0.25, 0.3) is 22.3 Å². The van der Waals surface area contributed by atoms with Crippen molar-refractivity contribution < 1.29 is 13.7 Å². The predicted octanol–water partition coefficient (Wildman–Crippen LogP) is 3.60. The molecule has 29 heavy (non-hydrogen) atoms. The van der Waals surface area contributed by atoms with Gasteiger partial charge in [0.25, 0.3) is 5.56 Å². The maximum Gasteiger partial charge on any atom is 0.259 e. The van der Waals surface area contributed by atoms with Crippen molar-refractivity contribution in [1.29, 1.82) is 0 Å². The van der Waals surface area contributed by atoms with E-state index >= 15 is 0 Å². The molecule has 1 amide bonds. The van der Waals surface area contributed by atoms with Crippen LogP contribution in [0.2, 0.25) is 0 Å². The lowest BCUT2D eigenvalue weighted by atomic mass is 10.1. The van der Waals surface area contributed by atoms with Crippen molar-refractivity contribution in [2.75, 3.05) is 5.32 Å². The topological polar surface area (TPSA) is 101 Å². The van der Waals surface area contributed by atoms with Crippen molar-refractivity contribution >= 4 is 22.5 Å². The third-order valence-electron chi connectivity index (χ3n) is 4.42. The highest BCUT2D eigenvalue weighted by atomic mass is 19.1. The second-order valence-corrected chi connectivity index (χ2v) is 6.64. The molecule has 146 valence electrons. The van der Waals surface area contributed by atoms with Crippen molar-refractivity contribution in [3.63, 3.8) is 0 Å². The van der Waals surface area contributed by atoms with Gasteiger partial charge in [0.05, 0.1) is 11.3 Å². The lowest BCUT2D eigenvalue weighted by molar-refractivity contribution is -0.116. The third-order valence-corrected chi connectivity index (χ3v) is 4.42. The molecule has 0 radical (unpaired) electrons. The molecule has 7 nitrogen and oxygen atoms in total. The van der Waals surface area contributed by atoms with Crippen LogP contribution in [0.4, 0.5) is 10.1 Å². The molecule has 2 heterocycles. The first-order valence-corrected chi connectivity index (χ1v) is 9.00. The molecule has 0 spiro atoms. The molecule has 0 unspecified atom stereocenters. The van der Waals surface area contributed by atoms with E-state index in [-0.39, 0.29) is 47.3 Å². The summed E-state index contributed by atoms with van der Waals surface area (Å²) in [5, 5.41) is 7.19. The Balaban J connectivity index is 1.47. The number of nitrogens with one attached hydrogen (secondary N) is 2. The first-order chi connectivity index (χ1) is 14.0. The Morgan fingerprint density at radius 3 is 2.86 bits per heavy atom. The normalized spacial score (nSPS) is 11.0. The number of rotatable bonds is 5. The number of hydrogen-bond donors (Lipinski definition) is 2. The Kier molecular flexibility index (Phi) is 4.90. The fourth-order valence-corrected chi connectivity index (χ4v) is 2.94. The summed E-state index contributed by atoms with van der Waals surface area (Å²) >= 11 is 0. The number of para-hydroxylation sites is 1. The molecule has 0 bridgehead atoms. The lowest BCUT2D eigenvalue weighted by Crippen LogP contribution is -2.13. The smallest absolute Gasteiger partial charge is 0.259 e. The van der Waals surface area contributed by atoms with Crippen LogP contribution in [-0.2, 0) is 11.2 Å². The van der Waals surface area contributed by atoms with Gasteiger partial charge in [-0.25, -0.2) is 4.39 Å². The number of fused-ring (bicyclic) bond motifs is 1. The van der Waals surface area contributed by atoms with Gasteiger partial charge >= 0.3 is 0 Å². The summed E-state index contributed by atoms with van der Waals surface area (Å²) in [6, 6.07) is 13.3. The van der Waals surface area contributed by atoms with Gasteiger partial charge in [0.1, 0.15) is 5.82 Å². The Bertz CT molecular complexity index is 1260. The van der Waals surface area contributed by atoms with Crippen molar-refractivity contribution in [2.45, 2.75) is 19.8 Å². The van der Waals surface area contributed by atoms with Crippen LogP contribution < -0.4 is 10.9 Å². The molecule has 0 aliphatic heterocycles. The minimum absolute atomic E-state index is 0.0311. The Morgan fingerprint density at radius 2 is 2.03 bits per heavy atom. The number of anilines is 1. The van der Waals surface area contributed by atoms with Gasteiger partial charge in [0, 0.05) is 18.4 Å². The van der Waals surface area contributed by atoms with Crippen LogP contribution in [0.15, 0.2) is 57.8 Å². The highest BCUT2D eigenvalue weighted by Gasteiger charge is 2.15. The fraction of sp³-hybridized carbons (Fsp3) is 0.143. The van der Waals surface area contributed by atoms with Gasteiger partial charge in [0.15, 0.2) is 0 Å². The number of hydrogen-bond acceptors (Lipinski definition) is 5. The van der Waals surface area contributed by atoms with Crippen molar-refractivity contribution in [1.82, 2.24) is 15.1 Å². The van der Waals surface area contributed by atoms with Gasteiger partial charge in [-0.05, 0) is 42.1 Å². The summed E-state index contributed by atoms with van der Waals surface area (Å²) in [4.78, 5) is 31.4. The van der Waals surface area contributed by atoms with Gasteiger partial charge in [0.2, 0.25) is 17.6 Å². The molecule has 8 heteroatoms. The molecular weight excluding hydrogens is 375 g/mol. The zero-order valence-electron chi connectivity index (χ0n) is 15.5. The number of pyridine rings is 1. The van der Waals surface area contributed by atoms with E-state index < -0.39 is 5.82 Å². The van der Waals surface area contributed by atoms with E-state index in [1.807, 2.05) is 25.1 Å². The van der Waals surface area contributed by atoms with E-state index in [2.05, 4.69) is 20.4 Å². The molecule has 2 aromatic heterocycles. The number of carbonyl (C=O) groups is 1. The SMILES string of the molecule is Cc1ccc2cc(-c3noc(CCC(=O)Nc4ccccc4F)n3)c(=O)[nH]c2c1. The number of carbonyl (C=O) groups excluding carboxylic acids is 1. The number of H-pyrrole nitrogens is 1. The standard InChI is InChI=1S/C21H17FN4O3/c1-12-6-7-13-11-14(21(28)24-17(13)10-12)20-25-19(29-26-20)9-8-18(27)23-16-5-3-2-4-15(16)22/h2-7,10-11H,8-9H2,1H3,(H,23,27)(H,24,28). The first kappa shape index (κ1) is 18.5. The third kappa shape index (κ3) is 4.06. The summed E-state index contributed by atoms with van der Waals surface area (Å²) in [6.07, 6.45) is 0.196. The Hall–Kier alpha value is -3.81. The average Bonchev–Trinajstić information content (AvgIpc) is 3.16. The van der Waals surface area contributed by atoms with Crippen molar-refractivity contribution in [2.24, 2.45) is 0 Å². The first-order valence-electron chi connectivity index (χ1n) is 9.00. The maximum atomic E-state index is 13.6. The van der Waals surface area contributed by atoms with Crippen LogP contribution in [0.5, 0.6) is 0 Å². The minimum Gasteiger partial charge on any atom is -0.339 e. The second kappa shape index (κ2) is 7.67. The number of aromatic amines is 1. The van der Waals surface area contributed by atoms with Gasteiger partial charge in [-0.1, -0.05) is 29.4 Å². The lowest BCUT2D eigenvalue weighted by Gasteiger charge is -2.04. The van der Waals surface area contributed by atoms with Crippen LogP contribution >= 0.6 is 0 Å². The van der Waals surface area contributed by atoms with Gasteiger partial charge in [-0.2, -0.15) is 4.98 Å². The monoisotopic (exact) mass is 392 g/mol. The second-order valence-electron chi connectivity index (χ2n) is 6.64. The van der Waals surface area contributed by atoms with E-state index in [4.69, 9.17) is 4.52 Å². The minimum atomic E-state index is -0.508. The summed E-state index contributed by atoms with van der Waals surface area (Å²) in [5.41, 5.74) is 1.84. The summed E-state index contributed by atoms with van der Waals surface area (Å²) in [5.74, 6) is -0.522. The molecule has 4 rings (SSSR count). The highest BCUT2D eigenvalue weighted by molar-refractivity contribution is 5.90. The van der Waals surface area contributed by atoms with Gasteiger partial charge in [-0.15, -0.1) is 0 Å². The van der Waals surface area contributed by atoms with Crippen LogP contribution in [0.3, 0.4) is 0 Å². The summed E-state index contributed by atoms with van der Waals surface area (Å²) in [6.45, 7) is 1.94. The average molecular weight is 392 g/mol. The number of benzene rings is 2. The van der Waals surface area contributed by atoms with E-state index in [9.17, 15) is 14.0 Å². The van der Waals surface area contributed by atoms with Gasteiger partial charge < -0.3 is 14.8 Å². The Labute approximate surface area is 164 Å². The van der Waals surface area contributed by atoms with E-state index in [1.54, 1.807) is 18.2 Å². The van der Waals surface area contributed by atoms with E-state index in [0.29, 0.717) is 0 Å². The summed E-state index contributed by atoms with van der Waals surface area (Å²) < 4.78 is 18.7. The molecular formula is C21H17FN4O3.